The second kappa shape index (κ2) is 9.25. The van der Waals surface area contributed by atoms with E-state index in [1.54, 1.807) is 49.6 Å². The Morgan fingerprint density at radius 1 is 1.14 bits per heavy atom. The number of amides is 1. The molecule has 0 bridgehead atoms. The van der Waals surface area contributed by atoms with Gasteiger partial charge in [0.15, 0.2) is 16.6 Å². The molecule has 1 amide bonds. The molecule has 1 N–H and O–H groups in total. The second-order valence-electron chi connectivity index (χ2n) is 6.07. The molecule has 1 aliphatic heterocycles. The number of hydrogen-bond acceptors (Lipinski definition) is 5. The first-order valence-electron chi connectivity index (χ1n) is 9.09. The SMILES string of the molecule is C=CCOc1ccc(/C=C2/NC(=S)N(c3ccc(OC)cc3)C2=O)cc1OCC. The minimum atomic E-state index is -0.231. The van der Waals surface area contributed by atoms with Crippen LogP contribution in [0.1, 0.15) is 12.5 Å². The monoisotopic (exact) mass is 410 g/mol. The van der Waals surface area contributed by atoms with E-state index >= 15 is 0 Å². The Labute approximate surface area is 175 Å². The summed E-state index contributed by atoms with van der Waals surface area (Å²) in [5.74, 6) is 1.70. The number of benzene rings is 2. The Bertz CT molecular complexity index is 954. The summed E-state index contributed by atoms with van der Waals surface area (Å²) in [6.45, 7) is 6.43. The van der Waals surface area contributed by atoms with Crippen molar-refractivity contribution in [1.82, 2.24) is 5.32 Å². The predicted molar refractivity (Wildman–Crippen MR) is 117 cm³/mol. The zero-order valence-corrected chi connectivity index (χ0v) is 17.1. The molecule has 0 aliphatic carbocycles. The number of methoxy groups -OCH3 is 1. The van der Waals surface area contributed by atoms with Crippen LogP contribution in [0.25, 0.3) is 6.08 Å². The molecular weight excluding hydrogens is 388 g/mol. The van der Waals surface area contributed by atoms with Crippen LogP contribution < -0.4 is 24.4 Å². The molecule has 2 aromatic rings. The highest BCUT2D eigenvalue weighted by Crippen LogP contribution is 2.30. The standard InChI is InChI=1S/C22H22N2O4S/c1-4-12-28-19-11-6-15(14-20(19)27-5-2)13-18-21(25)24(22(29)23-18)16-7-9-17(26-3)10-8-16/h4,6-11,13-14H,1,5,12H2,2-3H3,(H,23,29)/b18-13+. The number of hydrogen-bond donors (Lipinski definition) is 1. The van der Waals surface area contributed by atoms with Crippen molar-refractivity contribution < 1.29 is 19.0 Å². The molecule has 0 atom stereocenters. The summed E-state index contributed by atoms with van der Waals surface area (Å²) in [6, 6.07) is 12.6. The van der Waals surface area contributed by atoms with Crippen LogP contribution in [0.2, 0.25) is 0 Å². The first-order chi connectivity index (χ1) is 14.1. The van der Waals surface area contributed by atoms with Crippen molar-refractivity contribution in [1.29, 1.82) is 0 Å². The molecule has 1 aliphatic rings. The number of nitrogens with zero attached hydrogens (tertiary/aromatic N) is 1. The van der Waals surface area contributed by atoms with Crippen molar-refractivity contribution in [3.63, 3.8) is 0 Å². The molecule has 0 unspecified atom stereocenters. The molecule has 7 heteroatoms. The summed E-state index contributed by atoms with van der Waals surface area (Å²) >= 11 is 5.36. The Balaban J connectivity index is 1.86. The number of carbonyl (C=O) groups is 1. The minimum Gasteiger partial charge on any atom is -0.497 e. The van der Waals surface area contributed by atoms with Crippen molar-refractivity contribution in [2.75, 3.05) is 25.2 Å². The molecule has 1 fully saturated rings. The van der Waals surface area contributed by atoms with Gasteiger partial charge < -0.3 is 19.5 Å². The third kappa shape index (κ3) is 4.57. The number of ether oxygens (including phenoxy) is 3. The van der Waals surface area contributed by atoms with E-state index < -0.39 is 0 Å². The van der Waals surface area contributed by atoms with E-state index in [0.717, 1.165) is 5.56 Å². The lowest BCUT2D eigenvalue weighted by atomic mass is 10.1. The molecule has 3 rings (SSSR count). The Morgan fingerprint density at radius 3 is 2.55 bits per heavy atom. The maximum Gasteiger partial charge on any atom is 0.281 e. The molecule has 2 aromatic carbocycles. The van der Waals surface area contributed by atoms with Gasteiger partial charge in [-0.2, -0.15) is 0 Å². The quantitative estimate of drug-likeness (QED) is 0.404. The van der Waals surface area contributed by atoms with E-state index in [0.29, 0.717) is 47.0 Å². The first-order valence-corrected chi connectivity index (χ1v) is 9.50. The third-order valence-electron chi connectivity index (χ3n) is 4.14. The fourth-order valence-corrected chi connectivity index (χ4v) is 3.12. The molecule has 1 heterocycles. The van der Waals surface area contributed by atoms with E-state index in [1.165, 1.54) is 4.90 Å². The zero-order valence-electron chi connectivity index (χ0n) is 16.3. The fraction of sp³-hybridized carbons (Fsp3) is 0.182. The van der Waals surface area contributed by atoms with Gasteiger partial charge >= 0.3 is 0 Å². The molecule has 0 aromatic heterocycles. The van der Waals surface area contributed by atoms with Gasteiger partial charge in [0, 0.05) is 0 Å². The highest BCUT2D eigenvalue weighted by atomic mass is 32.1. The van der Waals surface area contributed by atoms with E-state index in [9.17, 15) is 4.79 Å². The highest BCUT2D eigenvalue weighted by Gasteiger charge is 2.32. The third-order valence-corrected chi connectivity index (χ3v) is 4.43. The number of rotatable bonds is 8. The van der Waals surface area contributed by atoms with Crippen molar-refractivity contribution in [2.45, 2.75) is 6.92 Å². The van der Waals surface area contributed by atoms with Crippen LogP contribution in [0.4, 0.5) is 5.69 Å². The Morgan fingerprint density at radius 2 is 1.90 bits per heavy atom. The van der Waals surface area contributed by atoms with Crippen molar-refractivity contribution in [3.05, 3.63) is 66.4 Å². The normalized spacial score (nSPS) is 14.7. The maximum atomic E-state index is 12.9. The minimum absolute atomic E-state index is 0.231. The second-order valence-corrected chi connectivity index (χ2v) is 6.45. The molecular formula is C22H22N2O4S. The van der Waals surface area contributed by atoms with Crippen LogP contribution in [0, 0.1) is 0 Å². The average Bonchev–Trinajstić information content (AvgIpc) is 3.00. The largest absolute Gasteiger partial charge is 0.497 e. The van der Waals surface area contributed by atoms with Gasteiger partial charge in [0.25, 0.3) is 5.91 Å². The maximum absolute atomic E-state index is 12.9. The van der Waals surface area contributed by atoms with E-state index in [-0.39, 0.29) is 5.91 Å². The van der Waals surface area contributed by atoms with Crippen LogP contribution in [-0.2, 0) is 4.79 Å². The average molecular weight is 410 g/mol. The molecule has 0 spiro atoms. The summed E-state index contributed by atoms with van der Waals surface area (Å²) in [4.78, 5) is 14.4. The lowest BCUT2D eigenvalue weighted by Gasteiger charge is -2.14. The van der Waals surface area contributed by atoms with E-state index in [1.807, 2.05) is 19.1 Å². The fourth-order valence-electron chi connectivity index (χ4n) is 2.82. The molecule has 29 heavy (non-hydrogen) atoms. The Hall–Kier alpha value is -3.32. The van der Waals surface area contributed by atoms with Crippen molar-refractivity contribution in [2.24, 2.45) is 0 Å². The number of anilines is 1. The Kier molecular flexibility index (Phi) is 6.51. The van der Waals surface area contributed by atoms with Crippen LogP contribution in [0.15, 0.2) is 60.8 Å². The van der Waals surface area contributed by atoms with E-state index in [2.05, 4.69) is 11.9 Å². The van der Waals surface area contributed by atoms with Gasteiger partial charge in [-0.15, -0.1) is 0 Å². The van der Waals surface area contributed by atoms with Gasteiger partial charge in [0.1, 0.15) is 18.1 Å². The summed E-state index contributed by atoms with van der Waals surface area (Å²) in [6.07, 6.45) is 3.40. The van der Waals surface area contributed by atoms with Crippen LogP contribution >= 0.6 is 12.2 Å². The van der Waals surface area contributed by atoms with Gasteiger partial charge in [0.2, 0.25) is 0 Å². The smallest absolute Gasteiger partial charge is 0.281 e. The summed E-state index contributed by atoms with van der Waals surface area (Å²) in [7, 11) is 1.59. The lowest BCUT2D eigenvalue weighted by molar-refractivity contribution is -0.113. The lowest BCUT2D eigenvalue weighted by Crippen LogP contribution is -2.30. The summed E-state index contributed by atoms with van der Waals surface area (Å²) in [5.41, 5.74) is 1.84. The van der Waals surface area contributed by atoms with Gasteiger partial charge in [-0.3, -0.25) is 9.69 Å². The van der Waals surface area contributed by atoms with Gasteiger partial charge in [0.05, 0.1) is 19.4 Å². The zero-order chi connectivity index (χ0) is 20.8. The van der Waals surface area contributed by atoms with Gasteiger partial charge in [-0.05, 0) is 67.2 Å². The predicted octanol–water partition coefficient (Wildman–Crippen LogP) is 3.92. The van der Waals surface area contributed by atoms with Crippen LogP contribution in [0.3, 0.4) is 0 Å². The molecule has 0 saturated carbocycles. The number of thiocarbonyl (C=S) groups is 1. The molecule has 150 valence electrons. The van der Waals surface area contributed by atoms with Crippen molar-refractivity contribution in [3.8, 4) is 17.2 Å². The van der Waals surface area contributed by atoms with Crippen molar-refractivity contribution >= 4 is 35.0 Å². The number of nitrogens with one attached hydrogen (secondary N) is 1. The number of carbonyl (C=O) groups excluding carboxylic acids is 1. The molecule has 6 nitrogen and oxygen atoms in total. The molecule has 0 radical (unpaired) electrons. The molecule has 1 saturated heterocycles. The topological polar surface area (TPSA) is 60.0 Å². The summed E-state index contributed by atoms with van der Waals surface area (Å²) in [5, 5.41) is 3.30. The first kappa shape index (κ1) is 20.4. The highest BCUT2D eigenvalue weighted by molar-refractivity contribution is 7.80. The van der Waals surface area contributed by atoms with Crippen LogP contribution in [-0.4, -0.2) is 31.3 Å². The summed E-state index contributed by atoms with van der Waals surface area (Å²) < 4.78 is 16.4. The van der Waals surface area contributed by atoms with Gasteiger partial charge in [-0.25, -0.2) is 0 Å². The van der Waals surface area contributed by atoms with Crippen LogP contribution in [0.5, 0.6) is 17.2 Å². The van der Waals surface area contributed by atoms with E-state index in [4.69, 9.17) is 26.4 Å². The van der Waals surface area contributed by atoms with Gasteiger partial charge in [-0.1, -0.05) is 18.7 Å².